The van der Waals surface area contributed by atoms with Gasteiger partial charge in [0.1, 0.15) is 11.3 Å². The molecular formula is C20H13Cl2FN2O. The highest BCUT2D eigenvalue weighted by molar-refractivity contribution is 6.42. The van der Waals surface area contributed by atoms with Crippen LogP contribution in [0.4, 0.5) is 10.1 Å². The van der Waals surface area contributed by atoms with Gasteiger partial charge in [0, 0.05) is 12.2 Å². The van der Waals surface area contributed by atoms with Gasteiger partial charge in [0.15, 0.2) is 5.58 Å². The molecule has 1 aromatic heterocycles. The van der Waals surface area contributed by atoms with Crippen LogP contribution in [-0.2, 0) is 6.54 Å². The Labute approximate surface area is 159 Å². The number of rotatable bonds is 4. The Bertz CT molecular complexity index is 1080. The second kappa shape index (κ2) is 6.98. The third kappa shape index (κ3) is 3.39. The van der Waals surface area contributed by atoms with E-state index in [4.69, 9.17) is 27.6 Å². The number of benzene rings is 3. The molecule has 0 saturated carbocycles. The number of oxazole rings is 1. The molecule has 0 amide bonds. The fraction of sp³-hybridized carbons (Fsp3) is 0.0500. The summed E-state index contributed by atoms with van der Waals surface area (Å²) in [5.41, 5.74) is 3.44. The second-order valence-electron chi connectivity index (χ2n) is 5.79. The number of fused-ring (bicyclic) bond motifs is 1. The van der Waals surface area contributed by atoms with Crippen molar-refractivity contribution in [1.82, 2.24) is 4.98 Å². The van der Waals surface area contributed by atoms with Gasteiger partial charge in [0.25, 0.3) is 0 Å². The van der Waals surface area contributed by atoms with E-state index in [0.717, 1.165) is 11.8 Å². The molecule has 4 rings (SSSR count). The zero-order chi connectivity index (χ0) is 18.1. The first-order valence-corrected chi connectivity index (χ1v) is 8.69. The van der Waals surface area contributed by atoms with Crippen molar-refractivity contribution in [3.8, 4) is 11.5 Å². The van der Waals surface area contributed by atoms with Crippen molar-refractivity contribution in [3.63, 3.8) is 0 Å². The molecule has 130 valence electrons. The van der Waals surface area contributed by atoms with Crippen LogP contribution in [-0.4, -0.2) is 4.98 Å². The standard InChI is InChI=1S/C20H13Cl2FN2O/c21-15-9-14(17(23)10-16(15)22)20-25-18-8-13(6-7-19(18)26-20)24-11-12-4-2-1-3-5-12/h1-10,24H,11H2. The SMILES string of the molecule is Fc1cc(Cl)c(Cl)cc1-c1nc2cc(NCc3ccccc3)ccc2o1. The van der Waals surface area contributed by atoms with E-state index in [1.807, 2.05) is 42.5 Å². The van der Waals surface area contributed by atoms with E-state index in [9.17, 15) is 4.39 Å². The Morgan fingerprint density at radius 2 is 1.73 bits per heavy atom. The van der Waals surface area contributed by atoms with Crippen LogP contribution >= 0.6 is 23.2 Å². The average molecular weight is 387 g/mol. The molecule has 0 saturated heterocycles. The van der Waals surface area contributed by atoms with Crippen LogP contribution in [0.1, 0.15) is 5.56 Å². The minimum Gasteiger partial charge on any atom is -0.436 e. The second-order valence-corrected chi connectivity index (χ2v) is 6.60. The van der Waals surface area contributed by atoms with Crippen LogP contribution in [0.5, 0.6) is 0 Å². The third-order valence-corrected chi connectivity index (χ3v) is 4.69. The first-order valence-electron chi connectivity index (χ1n) is 7.93. The largest absolute Gasteiger partial charge is 0.436 e. The molecule has 0 aliphatic carbocycles. The van der Waals surface area contributed by atoms with Crippen molar-refractivity contribution in [2.45, 2.75) is 6.54 Å². The van der Waals surface area contributed by atoms with Crippen LogP contribution in [0, 0.1) is 5.82 Å². The first-order chi connectivity index (χ1) is 12.6. The molecule has 0 atom stereocenters. The molecule has 0 aliphatic rings. The molecule has 3 nitrogen and oxygen atoms in total. The maximum absolute atomic E-state index is 14.2. The molecule has 6 heteroatoms. The smallest absolute Gasteiger partial charge is 0.230 e. The molecule has 4 aromatic rings. The molecule has 26 heavy (non-hydrogen) atoms. The molecule has 0 aliphatic heterocycles. The Balaban J connectivity index is 1.63. The van der Waals surface area contributed by atoms with E-state index in [2.05, 4.69) is 10.3 Å². The molecule has 0 fully saturated rings. The minimum absolute atomic E-state index is 0.149. The van der Waals surface area contributed by atoms with Crippen molar-refractivity contribution in [3.05, 3.63) is 82.1 Å². The minimum atomic E-state index is -0.534. The fourth-order valence-electron chi connectivity index (χ4n) is 2.64. The number of aromatic nitrogens is 1. The quantitative estimate of drug-likeness (QED) is 0.404. The predicted octanol–water partition coefficient (Wildman–Crippen LogP) is 6.55. The molecule has 1 N–H and O–H groups in total. The fourth-order valence-corrected chi connectivity index (χ4v) is 2.95. The number of hydrogen-bond donors (Lipinski definition) is 1. The predicted molar refractivity (Wildman–Crippen MR) is 103 cm³/mol. The molecule has 3 aromatic carbocycles. The summed E-state index contributed by atoms with van der Waals surface area (Å²) < 4.78 is 19.8. The van der Waals surface area contributed by atoms with Gasteiger partial charge in [-0.1, -0.05) is 53.5 Å². The number of nitrogens with zero attached hydrogens (tertiary/aromatic N) is 1. The van der Waals surface area contributed by atoms with Crippen molar-refractivity contribution in [2.24, 2.45) is 0 Å². The lowest BCUT2D eigenvalue weighted by Crippen LogP contribution is -1.98. The molecule has 1 heterocycles. The Morgan fingerprint density at radius 3 is 2.54 bits per heavy atom. The van der Waals surface area contributed by atoms with Gasteiger partial charge < -0.3 is 9.73 Å². The summed E-state index contributed by atoms with van der Waals surface area (Å²) in [5, 5.41) is 3.73. The summed E-state index contributed by atoms with van der Waals surface area (Å²) in [6.07, 6.45) is 0. The van der Waals surface area contributed by atoms with Gasteiger partial charge in [-0.3, -0.25) is 0 Å². The highest BCUT2D eigenvalue weighted by Gasteiger charge is 2.15. The van der Waals surface area contributed by atoms with Gasteiger partial charge in [0.05, 0.1) is 15.6 Å². The monoisotopic (exact) mass is 386 g/mol. The van der Waals surface area contributed by atoms with Gasteiger partial charge in [-0.05, 0) is 35.9 Å². The lowest BCUT2D eigenvalue weighted by molar-refractivity contribution is 0.593. The summed E-state index contributed by atoms with van der Waals surface area (Å²) in [6, 6.07) is 18.2. The van der Waals surface area contributed by atoms with Crippen molar-refractivity contribution < 1.29 is 8.81 Å². The maximum atomic E-state index is 14.2. The van der Waals surface area contributed by atoms with Gasteiger partial charge >= 0.3 is 0 Å². The maximum Gasteiger partial charge on any atom is 0.230 e. The zero-order valence-electron chi connectivity index (χ0n) is 13.5. The molecule has 0 spiro atoms. The zero-order valence-corrected chi connectivity index (χ0v) is 15.0. The van der Waals surface area contributed by atoms with Gasteiger partial charge in [0.2, 0.25) is 5.89 Å². The van der Waals surface area contributed by atoms with Gasteiger partial charge in [-0.25, -0.2) is 9.37 Å². The van der Waals surface area contributed by atoms with E-state index in [-0.39, 0.29) is 21.5 Å². The lowest BCUT2D eigenvalue weighted by Gasteiger charge is -2.05. The highest BCUT2D eigenvalue weighted by atomic mass is 35.5. The van der Waals surface area contributed by atoms with E-state index >= 15 is 0 Å². The van der Waals surface area contributed by atoms with E-state index in [1.165, 1.54) is 11.6 Å². The van der Waals surface area contributed by atoms with Crippen LogP contribution in [0.3, 0.4) is 0 Å². The Kier molecular flexibility index (Phi) is 4.53. The summed E-state index contributed by atoms with van der Waals surface area (Å²) in [6.45, 7) is 0.693. The van der Waals surface area contributed by atoms with E-state index in [0.29, 0.717) is 17.6 Å². The highest BCUT2D eigenvalue weighted by Crippen LogP contribution is 2.33. The number of halogens is 3. The van der Waals surface area contributed by atoms with Crippen molar-refractivity contribution in [1.29, 1.82) is 0 Å². The normalized spacial score (nSPS) is 11.0. The lowest BCUT2D eigenvalue weighted by atomic mass is 10.2. The Morgan fingerprint density at radius 1 is 0.962 bits per heavy atom. The van der Waals surface area contributed by atoms with Crippen LogP contribution < -0.4 is 5.32 Å². The summed E-state index contributed by atoms with van der Waals surface area (Å²) in [5.74, 6) is -0.371. The Hall–Kier alpha value is -2.56. The molecular weight excluding hydrogens is 374 g/mol. The van der Waals surface area contributed by atoms with Crippen LogP contribution in [0.25, 0.3) is 22.6 Å². The summed E-state index contributed by atoms with van der Waals surface area (Å²) >= 11 is 11.8. The van der Waals surface area contributed by atoms with Crippen LogP contribution in [0.15, 0.2) is 65.1 Å². The topological polar surface area (TPSA) is 38.1 Å². The average Bonchev–Trinajstić information content (AvgIpc) is 3.07. The first kappa shape index (κ1) is 16.9. The molecule has 0 unspecified atom stereocenters. The van der Waals surface area contributed by atoms with Crippen molar-refractivity contribution in [2.75, 3.05) is 5.32 Å². The van der Waals surface area contributed by atoms with Gasteiger partial charge in [-0.2, -0.15) is 0 Å². The third-order valence-electron chi connectivity index (χ3n) is 3.97. The molecule has 0 bridgehead atoms. The number of nitrogens with one attached hydrogen (secondary N) is 1. The van der Waals surface area contributed by atoms with E-state index < -0.39 is 5.82 Å². The van der Waals surface area contributed by atoms with Gasteiger partial charge in [-0.15, -0.1) is 0 Å². The van der Waals surface area contributed by atoms with E-state index in [1.54, 1.807) is 6.07 Å². The number of anilines is 1. The summed E-state index contributed by atoms with van der Waals surface area (Å²) in [7, 11) is 0. The summed E-state index contributed by atoms with van der Waals surface area (Å²) in [4.78, 5) is 4.38. The van der Waals surface area contributed by atoms with Crippen molar-refractivity contribution >= 4 is 40.0 Å². The molecule has 0 radical (unpaired) electrons. The van der Waals surface area contributed by atoms with Crippen LogP contribution in [0.2, 0.25) is 10.0 Å². The number of hydrogen-bond acceptors (Lipinski definition) is 3.